The molecule has 0 aromatic carbocycles. The summed E-state index contributed by atoms with van der Waals surface area (Å²) in [7, 11) is 0. The number of rotatable bonds is 4. The zero-order valence-corrected chi connectivity index (χ0v) is 11.1. The molecule has 1 N–H and O–H groups in total. The van der Waals surface area contributed by atoms with Gasteiger partial charge in [0.05, 0.1) is 11.8 Å². The Balaban J connectivity index is 1.81. The van der Waals surface area contributed by atoms with Gasteiger partial charge in [0.2, 0.25) is 5.91 Å². The van der Waals surface area contributed by atoms with E-state index in [0.29, 0.717) is 18.9 Å². The van der Waals surface area contributed by atoms with Gasteiger partial charge in [-0.2, -0.15) is 5.10 Å². The molecule has 1 aliphatic heterocycles. The third-order valence-corrected chi connectivity index (χ3v) is 3.57. The summed E-state index contributed by atoms with van der Waals surface area (Å²) >= 11 is 0. The third-order valence-electron chi connectivity index (χ3n) is 3.57. The number of carbonyl (C=O) groups is 2. The second kappa shape index (κ2) is 5.86. The molecule has 2 heterocycles. The normalized spacial score (nSPS) is 16.6. The van der Waals surface area contributed by atoms with E-state index in [2.05, 4.69) is 12.0 Å². The Hall–Kier alpha value is -1.85. The number of nitrogens with zero attached hydrogens (tertiary/aromatic N) is 3. The van der Waals surface area contributed by atoms with Crippen LogP contribution in [0.25, 0.3) is 0 Å². The highest BCUT2D eigenvalue weighted by molar-refractivity contribution is 5.86. The average Bonchev–Trinajstić information content (AvgIpc) is 2.86. The molecular formula is C13H19N3O3. The van der Waals surface area contributed by atoms with Gasteiger partial charge in [-0.3, -0.25) is 9.48 Å². The number of carboxylic acids is 1. The molecule has 19 heavy (non-hydrogen) atoms. The molecule has 0 spiro atoms. The van der Waals surface area contributed by atoms with Crippen LogP contribution in [0.1, 0.15) is 36.5 Å². The van der Waals surface area contributed by atoms with Gasteiger partial charge in [0.25, 0.3) is 0 Å². The number of carbonyl (C=O) groups excluding carboxylic acids is 1. The number of piperidine rings is 1. The quantitative estimate of drug-likeness (QED) is 0.888. The van der Waals surface area contributed by atoms with Crippen molar-refractivity contribution in [3.63, 3.8) is 0 Å². The van der Waals surface area contributed by atoms with Gasteiger partial charge in [-0.25, -0.2) is 4.79 Å². The van der Waals surface area contributed by atoms with E-state index >= 15 is 0 Å². The van der Waals surface area contributed by atoms with Gasteiger partial charge in [-0.1, -0.05) is 6.92 Å². The summed E-state index contributed by atoms with van der Waals surface area (Å²) in [5, 5.41) is 12.7. The first-order chi connectivity index (χ1) is 9.06. The molecule has 1 aliphatic rings. The van der Waals surface area contributed by atoms with Crippen LogP contribution in [0, 0.1) is 5.92 Å². The monoisotopic (exact) mass is 265 g/mol. The van der Waals surface area contributed by atoms with Crippen LogP contribution in [0.4, 0.5) is 0 Å². The lowest BCUT2D eigenvalue weighted by Gasteiger charge is -2.30. The van der Waals surface area contributed by atoms with Crippen LogP contribution in [0.2, 0.25) is 0 Å². The van der Waals surface area contributed by atoms with Crippen molar-refractivity contribution in [1.29, 1.82) is 0 Å². The van der Waals surface area contributed by atoms with Crippen LogP contribution in [0.3, 0.4) is 0 Å². The molecule has 1 saturated heterocycles. The number of amides is 1. The molecule has 1 aromatic rings. The Labute approximate surface area is 112 Å². The van der Waals surface area contributed by atoms with Crippen molar-refractivity contribution in [2.24, 2.45) is 5.92 Å². The highest BCUT2D eigenvalue weighted by Crippen LogP contribution is 2.16. The van der Waals surface area contributed by atoms with Gasteiger partial charge in [0, 0.05) is 32.3 Å². The Morgan fingerprint density at radius 3 is 2.68 bits per heavy atom. The van der Waals surface area contributed by atoms with E-state index in [1.165, 1.54) is 17.1 Å². The standard InChI is InChI=1S/C13H19N3O3/c1-10-2-5-15(6-3-10)12(17)4-7-16-9-11(8-14-16)13(18)19/h8-10H,2-7H2,1H3,(H,18,19). The number of aromatic carboxylic acids is 1. The van der Waals surface area contributed by atoms with Crippen LogP contribution in [0.5, 0.6) is 0 Å². The van der Waals surface area contributed by atoms with Gasteiger partial charge < -0.3 is 10.0 Å². The van der Waals surface area contributed by atoms with Crippen LogP contribution in [-0.4, -0.2) is 44.8 Å². The van der Waals surface area contributed by atoms with E-state index in [1.54, 1.807) is 0 Å². The highest BCUT2D eigenvalue weighted by atomic mass is 16.4. The van der Waals surface area contributed by atoms with Gasteiger partial charge in [-0.15, -0.1) is 0 Å². The lowest BCUT2D eigenvalue weighted by atomic mass is 9.99. The fourth-order valence-electron chi connectivity index (χ4n) is 2.22. The average molecular weight is 265 g/mol. The van der Waals surface area contributed by atoms with Crippen molar-refractivity contribution in [3.8, 4) is 0 Å². The maximum Gasteiger partial charge on any atom is 0.338 e. The summed E-state index contributed by atoms with van der Waals surface area (Å²) in [6.07, 6.45) is 5.26. The predicted octanol–water partition coefficient (Wildman–Crippen LogP) is 1.23. The van der Waals surface area contributed by atoms with Crippen LogP contribution in [-0.2, 0) is 11.3 Å². The van der Waals surface area contributed by atoms with E-state index in [-0.39, 0.29) is 11.5 Å². The second-order valence-corrected chi connectivity index (χ2v) is 5.11. The number of hydrogen-bond donors (Lipinski definition) is 1. The highest BCUT2D eigenvalue weighted by Gasteiger charge is 2.20. The maximum absolute atomic E-state index is 12.0. The number of hydrogen-bond acceptors (Lipinski definition) is 3. The fourth-order valence-corrected chi connectivity index (χ4v) is 2.22. The first kappa shape index (κ1) is 13.6. The molecule has 6 heteroatoms. The number of carboxylic acid groups (broad SMARTS) is 1. The van der Waals surface area contributed by atoms with Gasteiger partial charge in [0.1, 0.15) is 0 Å². The molecule has 0 unspecified atom stereocenters. The summed E-state index contributed by atoms with van der Waals surface area (Å²) in [5.74, 6) is -0.171. The van der Waals surface area contributed by atoms with Gasteiger partial charge in [0.15, 0.2) is 0 Å². The lowest BCUT2D eigenvalue weighted by molar-refractivity contribution is -0.132. The Morgan fingerprint density at radius 2 is 2.11 bits per heavy atom. The smallest absolute Gasteiger partial charge is 0.338 e. The first-order valence-electron chi connectivity index (χ1n) is 6.60. The minimum atomic E-state index is -0.998. The SMILES string of the molecule is CC1CCN(C(=O)CCn2cc(C(=O)O)cn2)CC1. The topological polar surface area (TPSA) is 75.4 Å². The Bertz CT molecular complexity index is 461. The molecule has 0 aliphatic carbocycles. The molecule has 104 valence electrons. The van der Waals surface area contributed by atoms with Gasteiger partial charge in [-0.05, 0) is 18.8 Å². The number of aryl methyl sites for hydroxylation is 1. The molecule has 0 saturated carbocycles. The summed E-state index contributed by atoms with van der Waals surface area (Å²) in [6, 6.07) is 0. The van der Waals surface area contributed by atoms with Crippen LogP contribution < -0.4 is 0 Å². The molecular weight excluding hydrogens is 246 g/mol. The molecule has 2 rings (SSSR count). The largest absolute Gasteiger partial charge is 0.478 e. The summed E-state index contributed by atoms with van der Waals surface area (Å²) in [4.78, 5) is 24.6. The van der Waals surface area contributed by atoms with Crippen molar-refractivity contribution >= 4 is 11.9 Å². The van der Waals surface area contributed by atoms with E-state index in [0.717, 1.165) is 25.9 Å². The van der Waals surface area contributed by atoms with E-state index < -0.39 is 5.97 Å². The van der Waals surface area contributed by atoms with Gasteiger partial charge >= 0.3 is 5.97 Å². The fraction of sp³-hybridized carbons (Fsp3) is 0.615. The van der Waals surface area contributed by atoms with E-state index in [9.17, 15) is 9.59 Å². The van der Waals surface area contributed by atoms with Crippen molar-refractivity contribution in [3.05, 3.63) is 18.0 Å². The zero-order valence-electron chi connectivity index (χ0n) is 11.1. The third kappa shape index (κ3) is 3.56. The molecule has 1 amide bonds. The summed E-state index contributed by atoms with van der Waals surface area (Å²) < 4.78 is 1.51. The first-order valence-corrected chi connectivity index (χ1v) is 6.60. The maximum atomic E-state index is 12.0. The summed E-state index contributed by atoms with van der Waals surface area (Å²) in [6.45, 7) is 4.30. The number of aromatic nitrogens is 2. The molecule has 0 bridgehead atoms. The van der Waals surface area contributed by atoms with E-state index in [1.807, 2.05) is 4.90 Å². The lowest BCUT2D eigenvalue weighted by Crippen LogP contribution is -2.38. The minimum Gasteiger partial charge on any atom is -0.478 e. The molecule has 0 radical (unpaired) electrons. The molecule has 6 nitrogen and oxygen atoms in total. The van der Waals surface area contributed by atoms with Crippen LogP contribution >= 0.6 is 0 Å². The molecule has 1 fully saturated rings. The minimum absolute atomic E-state index is 0.124. The van der Waals surface area contributed by atoms with Crippen molar-refractivity contribution < 1.29 is 14.7 Å². The second-order valence-electron chi connectivity index (χ2n) is 5.11. The van der Waals surface area contributed by atoms with Crippen LogP contribution in [0.15, 0.2) is 12.4 Å². The van der Waals surface area contributed by atoms with E-state index in [4.69, 9.17) is 5.11 Å². The Kier molecular flexibility index (Phi) is 4.19. The predicted molar refractivity (Wildman–Crippen MR) is 68.8 cm³/mol. The van der Waals surface area contributed by atoms with Crippen molar-refractivity contribution in [2.45, 2.75) is 32.7 Å². The summed E-state index contributed by atoms with van der Waals surface area (Å²) in [5.41, 5.74) is 0.152. The molecule has 1 aromatic heterocycles. The number of likely N-dealkylation sites (tertiary alicyclic amines) is 1. The Morgan fingerprint density at radius 1 is 1.42 bits per heavy atom. The zero-order chi connectivity index (χ0) is 13.8. The van der Waals surface area contributed by atoms with Crippen molar-refractivity contribution in [1.82, 2.24) is 14.7 Å². The van der Waals surface area contributed by atoms with Crippen molar-refractivity contribution in [2.75, 3.05) is 13.1 Å². The molecule has 0 atom stereocenters.